The molecule has 4 rings (SSSR count). The van der Waals surface area contributed by atoms with Crippen molar-refractivity contribution in [1.29, 1.82) is 0 Å². The molecule has 0 saturated heterocycles. The lowest BCUT2D eigenvalue weighted by atomic mass is 10.1. The number of fused-ring (bicyclic) bond motifs is 1. The first-order valence-corrected chi connectivity index (χ1v) is 10.3. The molecule has 4 aromatic rings. The van der Waals surface area contributed by atoms with E-state index in [9.17, 15) is 4.79 Å². The average Bonchev–Trinajstić information content (AvgIpc) is 3.27. The number of aromatic nitrogens is 4. The second-order valence-corrected chi connectivity index (χ2v) is 7.63. The summed E-state index contributed by atoms with van der Waals surface area (Å²) in [6.07, 6.45) is 2.65. The molecule has 0 spiro atoms. The van der Waals surface area contributed by atoms with Gasteiger partial charge < -0.3 is 9.13 Å². The monoisotopic (exact) mass is 390 g/mol. The first kappa shape index (κ1) is 18.5. The van der Waals surface area contributed by atoms with Crippen molar-refractivity contribution in [3.63, 3.8) is 0 Å². The van der Waals surface area contributed by atoms with Crippen molar-refractivity contribution in [3.05, 3.63) is 77.7 Å². The number of Topliss-reactive ketones (excluding diaryl/α,β-unsaturated/α-hetero) is 1. The number of nitrogens with zero attached hydrogens (tertiary/aromatic N) is 4. The number of para-hydroxylation sites is 1. The van der Waals surface area contributed by atoms with Gasteiger partial charge in [-0.05, 0) is 18.6 Å². The second kappa shape index (κ2) is 8.02. The predicted molar refractivity (Wildman–Crippen MR) is 113 cm³/mol. The van der Waals surface area contributed by atoms with Crippen LogP contribution in [0, 0.1) is 0 Å². The van der Waals surface area contributed by atoms with E-state index in [1.54, 1.807) is 0 Å². The highest BCUT2D eigenvalue weighted by Crippen LogP contribution is 2.24. The third-order valence-electron chi connectivity index (χ3n) is 4.84. The minimum Gasteiger partial charge on any atom is -0.350 e. The maximum absolute atomic E-state index is 12.9. The largest absolute Gasteiger partial charge is 0.350 e. The van der Waals surface area contributed by atoms with Gasteiger partial charge in [0.25, 0.3) is 0 Å². The summed E-state index contributed by atoms with van der Waals surface area (Å²) < 4.78 is 4.09. The number of hydrogen-bond donors (Lipinski definition) is 0. The second-order valence-electron chi connectivity index (χ2n) is 6.69. The Balaban J connectivity index is 1.51. The van der Waals surface area contributed by atoms with Crippen LogP contribution in [-0.4, -0.2) is 30.9 Å². The topological polar surface area (TPSA) is 52.7 Å². The minimum absolute atomic E-state index is 0.108. The molecule has 0 radical (unpaired) electrons. The van der Waals surface area contributed by atoms with Crippen LogP contribution in [0.3, 0.4) is 0 Å². The number of aryl methyl sites for hydroxylation is 1. The fourth-order valence-corrected chi connectivity index (χ4v) is 4.33. The van der Waals surface area contributed by atoms with Crippen LogP contribution in [-0.2, 0) is 20.0 Å². The van der Waals surface area contributed by atoms with E-state index in [0.29, 0.717) is 5.75 Å². The van der Waals surface area contributed by atoms with Crippen molar-refractivity contribution < 1.29 is 4.79 Å². The van der Waals surface area contributed by atoms with Crippen molar-refractivity contribution in [3.8, 4) is 0 Å². The van der Waals surface area contributed by atoms with Gasteiger partial charge in [0.2, 0.25) is 0 Å². The number of carbonyl (C=O) groups excluding carboxylic acids is 1. The summed E-state index contributed by atoms with van der Waals surface area (Å²) in [5.74, 6) is 1.38. The van der Waals surface area contributed by atoms with Gasteiger partial charge in [0.1, 0.15) is 5.82 Å². The molecule has 0 aliphatic carbocycles. The van der Waals surface area contributed by atoms with Crippen LogP contribution < -0.4 is 0 Å². The van der Waals surface area contributed by atoms with Gasteiger partial charge >= 0.3 is 0 Å². The minimum atomic E-state index is 0.108. The lowest BCUT2D eigenvalue weighted by Gasteiger charge is -2.07. The molecule has 2 heterocycles. The Morgan fingerprint density at radius 2 is 1.79 bits per heavy atom. The van der Waals surface area contributed by atoms with Crippen LogP contribution in [0.1, 0.15) is 28.7 Å². The van der Waals surface area contributed by atoms with E-state index in [2.05, 4.69) is 33.8 Å². The van der Waals surface area contributed by atoms with Crippen molar-refractivity contribution in [2.75, 3.05) is 5.75 Å². The molecule has 0 unspecified atom stereocenters. The normalized spacial score (nSPS) is 11.2. The number of rotatable bonds is 7. The van der Waals surface area contributed by atoms with E-state index in [0.717, 1.165) is 40.4 Å². The van der Waals surface area contributed by atoms with E-state index in [1.165, 1.54) is 17.3 Å². The molecule has 0 N–H and O–H groups in total. The van der Waals surface area contributed by atoms with Gasteiger partial charge in [-0.2, -0.15) is 0 Å². The highest BCUT2D eigenvalue weighted by atomic mass is 32.2. The number of benzene rings is 2. The maximum Gasteiger partial charge on any atom is 0.191 e. The van der Waals surface area contributed by atoms with E-state index < -0.39 is 0 Å². The zero-order valence-electron chi connectivity index (χ0n) is 16.0. The zero-order valence-corrected chi connectivity index (χ0v) is 16.8. The Labute approximate surface area is 168 Å². The van der Waals surface area contributed by atoms with E-state index >= 15 is 0 Å². The van der Waals surface area contributed by atoms with Crippen LogP contribution in [0.15, 0.2) is 66.0 Å². The number of hydrogen-bond acceptors (Lipinski definition) is 4. The van der Waals surface area contributed by atoms with Gasteiger partial charge in [0.05, 0.1) is 5.75 Å². The molecule has 2 aromatic carbocycles. The first-order valence-electron chi connectivity index (χ1n) is 9.33. The van der Waals surface area contributed by atoms with Gasteiger partial charge in [0.15, 0.2) is 10.9 Å². The summed E-state index contributed by atoms with van der Waals surface area (Å²) >= 11 is 1.45. The van der Waals surface area contributed by atoms with Crippen LogP contribution in [0.25, 0.3) is 10.9 Å². The third-order valence-corrected chi connectivity index (χ3v) is 5.81. The SMILES string of the molecule is CCn1c(Cc2ccccc2)nnc1SCC(=O)c1cn(C)c2ccccc12. The van der Waals surface area contributed by atoms with Gasteiger partial charge in [-0.25, -0.2) is 0 Å². The van der Waals surface area contributed by atoms with Gasteiger partial charge in [-0.1, -0.05) is 60.3 Å². The zero-order chi connectivity index (χ0) is 19.5. The van der Waals surface area contributed by atoms with Crippen LogP contribution in [0.2, 0.25) is 0 Å². The van der Waals surface area contributed by atoms with Crippen LogP contribution in [0.4, 0.5) is 0 Å². The van der Waals surface area contributed by atoms with Crippen LogP contribution >= 0.6 is 11.8 Å². The lowest BCUT2D eigenvalue weighted by molar-refractivity contribution is 0.102. The quantitative estimate of drug-likeness (QED) is 0.348. The molecule has 28 heavy (non-hydrogen) atoms. The Morgan fingerprint density at radius 1 is 1.04 bits per heavy atom. The molecule has 0 amide bonds. The smallest absolute Gasteiger partial charge is 0.191 e. The fourth-order valence-electron chi connectivity index (χ4n) is 3.42. The molecule has 0 bridgehead atoms. The van der Waals surface area contributed by atoms with Gasteiger partial charge in [-0.15, -0.1) is 10.2 Å². The summed E-state index contributed by atoms with van der Waals surface area (Å²) in [6.45, 7) is 2.86. The molecule has 2 aromatic heterocycles. The van der Waals surface area contributed by atoms with Crippen LogP contribution in [0.5, 0.6) is 0 Å². The number of ketones is 1. The van der Waals surface area contributed by atoms with E-state index in [4.69, 9.17) is 0 Å². The van der Waals surface area contributed by atoms with Crippen molar-refractivity contribution >= 4 is 28.4 Å². The van der Waals surface area contributed by atoms with E-state index in [1.807, 2.05) is 60.3 Å². The molecule has 0 fully saturated rings. The van der Waals surface area contributed by atoms with Gasteiger partial charge in [-0.3, -0.25) is 4.79 Å². The summed E-state index contributed by atoms with van der Waals surface area (Å²) in [4.78, 5) is 12.9. The van der Waals surface area contributed by atoms with E-state index in [-0.39, 0.29) is 5.78 Å². The Kier molecular flexibility index (Phi) is 5.30. The molecular weight excluding hydrogens is 368 g/mol. The fraction of sp³-hybridized carbons (Fsp3) is 0.227. The molecule has 0 aliphatic heterocycles. The first-order chi connectivity index (χ1) is 13.7. The molecule has 6 heteroatoms. The number of carbonyl (C=O) groups is 1. The lowest BCUT2D eigenvalue weighted by Crippen LogP contribution is -2.06. The van der Waals surface area contributed by atoms with Gasteiger partial charge in [0, 0.05) is 42.7 Å². The van der Waals surface area contributed by atoms with Crippen molar-refractivity contribution in [2.24, 2.45) is 7.05 Å². The standard InChI is InChI=1S/C22H22N4OS/c1-3-26-21(13-16-9-5-4-6-10-16)23-24-22(26)28-15-20(27)18-14-25(2)19-12-8-7-11-17(18)19/h4-12,14H,3,13,15H2,1-2H3. The summed E-state index contributed by atoms with van der Waals surface area (Å²) in [7, 11) is 1.97. The average molecular weight is 391 g/mol. The molecule has 0 aliphatic rings. The highest BCUT2D eigenvalue weighted by Gasteiger charge is 2.17. The molecule has 5 nitrogen and oxygen atoms in total. The molecule has 0 saturated carbocycles. The third kappa shape index (κ3) is 3.60. The summed E-state index contributed by atoms with van der Waals surface area (Å²) in [5.41, 5.74) is 3.03. The summed E-state index contributed by atoms with van der Waals surface area (Å²) in [5, 5.41) is 10.5. The number of thioether (sulfide) groups is 1. The Hall–Kier alpha value is -2.86. The molecular formula is C22H22N4OS. The Morgan fingerprint density at radius 3 is 2.57 bits per heavy atom. The van der Waals surface area contributed by atoms with Crippen molar-refractivity contribution in [2.45, 2.75) is 25.0 Å². The summed E-state index contributed by atoms with van der Waals surface area (Å²) in [6, 6.07) is 18.2. The highest BCUT2D eigenvalue weighted by molar-refractivity contribution is 7.99. The Bertz CT molecular complexity index is 1110. The maximum atomic E-state index is 12.9. The van der Waals surface area contributed by atoms with Crippen molar-refractivity contribution in [1.82, 2.24) is 19.3 Å². The molecule has 0 atom stereocenters. The molecule has 142 valence electrons. The predicted octanol–water partition coefficient (Wildman–Crippen LogP) is 4.36.